The molecule has 112 valence electrons. The fourth-order valence-electron chi connectivity index (χ4n) is 3.09. The van der Waals surface area contributed by atoms with E-state index in [2.05, 4.69) is 23.9 Å². The number of alkyl halides is 3. The fourth-order valence-corrected chi connectivity index (χ4v) is 3.09. The van der Waals surface area contributed by atoms with Gasteiger partial charge in [0.05, 0.1) is 0 Å². The van der Waals surface area contributed by atoms with Gasteiger partial charge < -0.3 is 10.1 Å². The molecule has 0 aromatic heterocycles. The summed E-state index contributed by atoms with van der Waals surface area (Å²) in [6, 6.07) is 6.47. The van der Waals surface area contributed by atoms with Crippen molar-refractivity contribution in [1.82, 2.24) is 5.32 Å². The highest BCUT2D eigenvalue weighted by Crippen LogP contribution is 2.42. The first-order valence-corrected chi connectivity index (χ1v) is 6.93. The Balaban J connectivity index is 2.38. The van der Waals surface area contributed by atoms with Crippen molar-refractivity contribution < 1.29 is 17.9 Å². The van der Waals surface area contributed by atoms with Gasteiger partial charge in [-0.3, -0.25) is 0 Å². The van der Waals surface area contributed by atoms with E-state index in [-0.39, 0.29) is 5.75 Å². The summed E-state index contributed by atoms with van der Waals surface area (Å²) in [5, 5.41) is 3.40. The van der Waals surface area contributed by atoms with Gasteiger partial charge in [-0.05, 0) is 37.8 Å². The van der Waals surface area contributed by atoms with Crippen LogP contribution in [0.15, 0.2) is 24.3 Å². The van der Waals surface area contributed by atoms with Crippen LogP contribution in [0.1, 0.15) is 38.7 Å². The molecule has 0 saturated carbocycles. The van der Waals surface area contributed by atoms with Crippen LogP contribution in [0.3, 0.4) is 0 Å². The number of halogens is 3. The van der Waals surface area contributed by atoms with Gasteiger partial charge in [-0.1, -0.05) is 32.0 Å². The molecular weight excluding hydrogens is 267 g/mol. The number of rotatable bonds is 4. The van der Waals surface area contributed by atoms with E-state index < -0.39 is 11.9 Å². The van der Waals surface area contributed by atoms with Gasteiger partial charge in [0, 0.05) is 11.1 Å². The normalized spacial score (nSPS) is 23.3. The lowest BCUT2D eigenvalue weighted by atomic mass is 9.81. The molecule has 1 unspecified atom stereocenters. The number of para-hydroxylation sites is 1. The van der Waals surface area contributed by atoms with Crippen LogP contribution in [0.25, 0.3) is 0 Å². The van der Waals surface area contributed by atoms with Crippen molar-refractivity contribution in [1.29, 1.82) is 0 Å². The first-order chi connectivity index (χ1) is 9.32. The first-order valence-electron chi connectivity index (χ1n) is 6.93. The third kappa shape index (κ3) is 3.45. The van der Waals surface area contributed by atoms with E-state index in [1.807, 2.05) is 0 Å². The summed E-state index contributed by atoms with van der Waals surface area (Å²) in [6.45, 7) is 4.98. The summed E-state index contributed by atoms with van der Waals surface area (Å²) < 4.78 is 41.9. The van der Waals surface area contributed by atoms with Gasteiger partial charge in [-0.2, -0.15) is 0 Å². The average molecular weight is 287 g/mol. The van der Waals surface area contributed by atoms with Gasteiger partial charge in [-0.15, -0.1) is 13.2 Å². The zero-order valence-electron chi connectivity index (χ0n) is 11.8. The minimum Gasteiger partial charge on any atom is -0.405 e. The number of hydrogen-bond acceptors (Lipinski definition) is 2. The number of ether oxygens (including phenoxy) is 1. The Hall–Kier alpha value is -1.23. The fraction of sp³-hybridized carbons (Fsp3) is 0.600. The van der Waals surface area contributed by atoms with Gasteiger partial charge in [0.1, 0.15) is 5.75 Å². The smallest absolute Gasteiger partial charge is 0.405 e. The Kier molecular flexibility index (Phi) is 4.28. The van der Waals surface area contributed by atoms with Crippen LogP contribution in [-0.4, -0.2) is 12.9 Å². The van der Waals surface area contributed by atoms with Crippen LogP contribution >= 0.6 is 0 Å². The largest absolute Gasteiger partial charge is 0.573 e. The lowest BCUT2D eigenvalue weighted by molar-refractivity contribution is -0.275. The minimum atomic E-state index is -4.66. The maximum absolute atomic E-state index is 12.6. The lowest BCUT2D eigenvalue weighted by Gasteiger charge is -2.33. The first kappa shape index (κ1) is 15.2. The maximum Gasteiger partial charge on any atom is 0.573 e. The molecule has 1 aliphatic rings. The molecule has 1 heterocycles. The van der Waals surface area contributed by atoms with Crippen molar-refractivity contribution in [3.63, 3.8) is 0 Å². The third-order valence-corrected chi connectivity index (χ3v) is 3.63. The molecule has 0 radical (unpaired) electrons. The third-order valence-electron chi connectivity index (χ3n) is 3.63. The number of benzene rings is 1. The van der Waals surface area contributed by atoms with Crippen LogP contribution < -0.4 is 10.1 Å². The summed E-state index contributed by atoms with van der Waals surface area (Å²) >= 11 is 0. The Morgan fingerprint density at radius 1 is 1.30 bits per heavy atom. The zero-order valence-corrected chi connectivity index (χ0v) is 11.8. The van der Waals surface area contributed by atoms with Crippen LogP contribution in [0.5, 0.6) is 5.75 Å². The van der Waals surface area contributed by atoms with Crippen molar-refractivity contribution in [2.45, 2.75) is 45.0 Å². The zero-order chi connectivity index (χ0) is 14.8. The molecule has 0 amide bonds. The Bertz CT molecular complexity index is 451. The lowest BCUT2D eigenvalue weighted by Crippen LogP contribution is -2.39. The van der Waals surface area contributed by atoms with Crippen LogP contribution in [0, 0.1) is 5.92 Å². The van der Waals surface area contributed by atoms with Gasteiger partial charge in [0.15, 0.2) is 0 Å². The maximum atomic E-state index is 12.6. The molecule has 20 heavy (non-hydrogen) atoms. The molecule has 2 nitrogen and oxygen atoms in total. The van der Waals surface area contributed by atoms with E-state index >= 15 is 0 Å². The summed E-state index contributed by atoms with van der Waals surface area (Å²) in [5.74, 6) is 0.301. The molecule has 1 aromatic rings. The topological polar surface area (TPSA) is 21.3 Å². The van der Waals surface area contributed by atoms with Gasteiger partial charge in [-0.25, -0.2) is 0 Å². The molecule has 0 aliphatic carbocycles. The Morgan fingerprint density at radius 2 is 2.00 bits per heavy atom. The highest BCUT2D eigenvalue weighted by Gasteiger charge is 2.40. The second kappa shape index (κ2) is 5.64. The van der Waals surface area contributed by atoms with Crippen molar-refractivity contribution in [2.24, 2.45) is 5.92 Å². The quantitative estimate of drug-likeness (QED) is 0.895. The summed E-state index contributed by atoms with van der Waals surface area (Å²) in [5.41, 5.74) is 0.208. The Labute approximate surface area is 117 Å². The summed E-state index contributed by atoms with van der Waals surface area (Å²) in [4.78, 5) is 0. The molecule has 1 aromatic carbocycles. The van der Waals surface area contributed by atoms with Crippen LogP contribution in [0.4, 0.5) is 13.2 Å². The van der Waals surface area contributed by atoms with Crippen molar-refractivity contribution >= 4 is 0 Å². The molecule has 0 spiro atoms. The van der Waals surface area contributed by atoms with Crippen LogP contribution in [0.2, 0.25) is 0 Å². The average Bonchev–Trinajstić information content (AvgIpc) is 2.76. The summed E-state index contributed by atoms with van der Waals surface area (Å²) in [6.07, 6.45) is -2.06. The predicted octanol–water partition coefficient (Wildman–Crippen LogP) is 4.21. The monoisotopic (exact) mass is 287 g/mol. The van der Waals surface area contributed by atoms with Crippen LogP contribution in [-0.2, 0) is 5.54 Å². The SMILES string of the molecule is CC(C)CC1(c2ccccc2OC(F)(F)F)CCCN1. The standard InChI is InChI=1S/C15H20F3NO/c1-11(2)10-14(8-5-9-19-14)12-6-3-4-7-13(12)20-15(16,17)18/h3-4,6-7,11,19H,5,8-10H2,1-2H3. The predicted molar refractivity (Wildman–Crippen MR) is 71.5 cm³/mol. The second-order valence-corrected chi connectivity index (χ2v) is 5.75. The minimum absolute atomic E-state index is 0.0879. The molecule has 1 aliphatic heterocycles. The molecule has 1 saturated heterocycles. The van der Waals surface area contributed by atoms with E-state index in [4.69, 9.17) is 0 Å². The van der Waals surface area contributed by atoms with E-state index in [0.717, 1.165) is 25.8 Å². The molecule has 0 bridgehead atoms. The molecule has 1 N–H and O–H groups in total. The number of nitrogens with one attached hydrogen (secondary N) is 1. The Morgan fingerprint density at radius 3 is 2.55 bits per heavy atom. The van der Waals surface area contributed by atoms with Crippen molar-refractivity contribution in [2.75, 3.05) is 6.54 Å². The summed E-state index contributed by atoms with van der Waals surface area (Å²) in [7, 11) is 0. The molecule has 2 rings (SSSR count). The van der Waals surface area contributed by atoms with E-state index in [9.17, 15) is 13.2 Å². The van der Waals surface area contributed by atoms with E-state index in [1.165, 1.54) is 6.07 Å². The van der Waals surface area contributed by atoms with Crippen molar-refractivity contribution in [3.05, 3.63) is 29.8 Å². The highest BCUT2D eigenvalue weighted by molar-refractivity contribution is 5.40. The second-order valence-electron chi connectivity index (χ2n) is 5.75. The molecular formula is C15H20F3NO. The molecule has 1 atom stereocenters. The van der Waals surface area contributed by atoms with E-state index in [1.54, 1.807) is 18.2 Å². The van der Waals surface area contributed by atoms with Gasteiger partial charge in [0.25, 0.3) is 0 Å². The van der Waals surface area contributed by atoms with Gasteiger partial charge in [0.2, 0.25) is 0 Å². The van der Waals surface area contributed by atoms with Crippen molar-refractivity contribution in [3.8, 4) is 5.75 Å². The highest BCUT2D eigenvalue weighted by atomic mass is 19.4. The van der Waals surface area contributed by atoms with E-state index in [0.29, 0.717) is 11.5 Å². The number of hydrogen-bond donors (Lipinski definition) is 1. The molecule has 1 fully saturated rings. The van der Waals surface area contributed by atoms with Gasteiger partial charge >= 0.3 is 6.36 Å². The molecule has 5 heteroatoms.